The van der Waals surface area contributed by atoms with E-state index in [4.69, 9.17) is 0 Å². The van der Waals surface area contributed by atoms with Gasteiger partial charge in [-0.2, -0.15) is 0 Å². The first kappa shape index (κ1) is 12.8. The third-order valence-electron chi connectivity index (χ3n) is 0.660. The summed E-state index contributed by atoms with van der Waals surface area (Å²) in [7, 11) is 0. The standard InChI is InChI=1S/C7H10O2.Ca.2H/c1-4-5-9-7(8)6(2)3;;;/h4-5H,2H2,1,3H3;;;. The first-order chi connectivity index (χ1) is 4.18. The zero-order valence-corrected chi connectivity index (χ0v) is 5.68. The summed E-state index contributed by atoms with van der Waals surface area (Å²) < 4.78 is 4.53. The number of ether oxygens (including phenoxy) is 1. The van der Waals surface area contributed by atoms with Crippen molar-refractivity contribution in [3.8, 4) is 0 Å². The Hall–Kier alpha value is 0.210. The van der Waals surface area contributed by atoms with Gasteiger partial charge in [-0.15, -0.1) is 0 Å². The topological polar surface area (TPSA) is 26.3 Å². The monoisotopic (exact) mass is 168 g/mol. The third kappa shape index (κ3) is 6.33. The maximum absolute atomic E-state index is 10.5. The van der Waals surface area contributed by atoms with E-state index >= 15 is 0 Å². The van der Waals surface area contributed by atoms with Crippen LogP contribution in [0.2, 0.25) is 0 Å². The molecule has 2 nitrogen and oxygen atoms in total. The second kappa shape index (κ2) is 7.32. The number of allylic oxidation sites excluding steroid dienone is 1. The summed E-state index contributed by atoms with van der Waals surface area (Å²) in [5, 5.41) is 0. The molecule has 0 aliphatic heterocycles. The predicted molar refractivity (Wildman–Crippen MR) is 44.3 cm³/mol. The summed E-state index contributed by atoms with van der Waals surface area (Å²) in [6.45, 7) is 6.77. The molecule has 0 saturated heterocycles. The van der Waals surface area contributed by atoms with Crippen LogP contribution in [-0.2, 0) is 9.53 Å². The summed E-state index contributed by atoms with van der Waals surface area (Å²) in [6, 6.07) is 0. The van der Waals surface area contributed by atoms with Crippen LogP contribution in [0.4, 0.5) is 0 Å². The Balaban J connectivity index is 0. The summed E-state index contributed by atoms with van der Waals surface area (Å²) in [5.41, 5.74) is 0.410. The van der Waals surface area contributed by atoms with Crippen molar-refractivity contribution in [2.24, 2.45) is 0 Å². The SMILES string of the molecule is C=C(C)C(=O)OC=CC.[CaH2]. The van der Waals surface area contributed by atoms with E-state index in [0.29, 0.717) is 5.57 Å². The number of esters is 1. The summed E-state index contributed by atoms with van der Waals surface area (Å²) >= 11 is 0. The van der Waals surface area contributed by atoms with Crippen LogP contribution >= 0.6 is 0 Å². The molecular weight excluding hydrogens is 156 g/mol. The van der Waals surface area contributed by atoms with Crippen molar-refractivity contribution in [2.75, 3.05) is 0 Å². The molecule has 0 aliphatic rings. The molecule has 54 valence electrons. The van der Waals surface area contributed by atoms with Crippen molar-refractivity contribution in [3.05, 3.63) is 24.5 Å². The van der Waals surface area contributed by atoms with Crippen molar-refractivity contribution >= 4 is 43.7 Å². The molecule has 0 N–H and O–H groups in total. The van der Waals surface area contributed by atoms with Crippen LogP contribution in [0.5, 0.6) is 0 Å². The van der Waals surface area contributed by atoms with Gasteiger partial charge < -0.3 is 4.74 Å². The van der Waals surface area contributed by atoms with Crippen LogP contribution in [0, 0.1) is 0 Å². The van der Waals surface area contributed by atoms with Gasteiger partial charge in [-0.25, -0.2) is 4.79 Å². The van der Waals surface area contributed by atoms with Crippen LogP contribution in [0.15, 0.2) is 24.5 Å². The molecule has 0 aromatic carbocycles. The van der Waals surface area contributed by atoms with Gasteiger partial charge in [-0.3, -0.25) is 0 Å². The van der Waals surface area contributed by atoms with Gasteiger partial charge in [0.25, 0.3) is 0 Å². The molecule has 0 fully saturated rings. The maximum atomic E-state index is 10.5. The zero-order chi connectivity index (χ0) is 7.28. The third-order valence-corrected chi connectivity index (χ3v) is 0.660. The average molecular weight is 168 g/mol. The van der Waals surface area contributed by atoms with Gasteiger partial charge in [0.1, 0.15) is 0 Å². The second-order valence-corrected chi connectivity index (χ2v) is 1.66. The van der Waals surface area contributed by atoms with E-state index < -0.39 is 0 Å². The number of hydrogen-bond donors (Lipinski definition) is 0. The van der Waals surface area contributed by atoms with Gasteiger partial charge in [0.05, 0.1) is 6.26 Å². The first-order valence-electron chi connectivity index (χ1n) is 2.66. The number of hydrogen-bond acceptors (Lipinski definition) is 2. The molecule has 0 unspecified atom stereocenters. The number of rotatable bonds is 2. The van der Waals surface area contributed by atoms with Crippen LogP contribution in [-0.4, -0.2) is 43.7 Å². The van der Waals surface area contributed by atoms with Gasteiger partial charge in [-0.1, -0.05) is 12.7 Å². The minimum atomic E-state index is -0.381. The van der Waals surface area contributed by atoms with Crippen LogP contribution in [0.3, 0.4) is 0 Å². The van der Waals surface area contributed by atoms with Crippen molar-refractivity contribution in [3.63, 3.8) is 0 Å². The van der Waals surface area contributed by atoms with E-state index in [-0.39, 0.29) is 43.7 Å². The molecule has 0 aromatic rings. The van der Waals surface area contributed by atoms with Crippen molar-refractivity contribution in [2.45, 2.75) is 13.8 Å². The Morgan fingerprint density at radius 3 is 2.40 bits per heavy atom. The Morgan fingerprint density at radius 1 is 1.60 bits per heavy atom. The molecule has 10 heavy (non-hydrogen) atoms. The molecule has 0 radical (unpaired) electrons. The van der Waals surface area contributed by atoms with Crippen molar-refractivity contribution in [1.29, 1.82) is 0 Å². The Labute approximate surface area is 90.9 Å². The predicted octanol–water partition coefficient (Wildman–Crippen LogP) is 0.723. The fourth-order valence-electron chi connectivity index (χ4n) is 0.230. The fourth-order valence-corrected chi connectivity index (χ4v) is 0.230. The quantitative estimate of drug-likeness (QED) is 0.263. The molecule has 0 aliphatic carbocycles. The van der Waals surface area contributed by atoms with E-state index in [0.717, 1.165) is 0 Å². The molecule has 0 bridgehead atoms. The van der Waals surface area contributed by atoms with Crippen molar-refractivity contribution < 1.29 is 9.53 Å². The molecule has 3 heteroatoms. The Morgan fingerprint density at radius 2 is 2.10 bits per heavy atom. The molecule has 0 saturated carbocycles. The van der Waals surface area contributed by atoms with Crippen LogP contribution in [0.1, 0.15) is 13.8 Å². The van der Waals surface area contributed by atoms with E-state index in [9.17, 15) is 4.79 Å². The molecule has 0 spiro atoms. The fraction of sp³-hybridized carbons (Fsp3) is 0.286. The molecule has 0 amide bonds. The van der Waals surface area contributed by atoms with Crippen LogP contribution in [0.25, 0.3) is 0 Å². The van der Waals surface area contributed by atoms with E-state index in [1.54, 1.807) is 19.9 Å². The second-order valence-electron chi connectivity index (χ2n) is 1.66. The number of carbonyl (C=O) groups is 1. The molecular formula is C7H12CaO2. The Kier molecular flexibility index (Phi) is 9.40. The van der Waals surface area contributed by atoms with Crippen LogP contribution < -0.4 is 0 Å². The molecule has 0 aromatic heterocycles. The molecule has 0 heterocycles. The minimum absolute atomic E-state index is 0. The normalized spacial score (nSPS) is 8.60. The van der Waals surface area contributed by atoms with E-state index in [1.807, 2.05) is 0 Å². The molecule has 0 atom stereocenters. The van der Waals surface area contributed by atoms with Gasteiger partial charge >= 0.3 is 43.7 Å². The number of carbonyl (C=O) groups excluding carboxylic acids is 1. The summed E-state index contributed by atoms with van der Waals surface area (Å²) in [6.07, 6.45) is 2.97. The van der Waals surface area contributed by atoms with Crippen molar-refractivity contribution in [1.82, 2.24) is 0 Å². The summed E-state index contributed by atoms with van der Waals surface area (Å²) in [4.78, 5) is 10.5. The van der Waals surface area contributed by atoms with E-state index in [2.05, 4.69) is 11.3 Å². The first-order valence-corrected chi connectivity index (χ1v) is 2.66. The van der Waals surface area contributed by atoms with Gasteiger partial charge in [0, 0.05) is 5.57 Å². The molecule has 0 rings (SSSR count). The Bertz CT molecular complexity index is 150. The van der Waals surface area contributed by atoms with E-state index in [1.165, 1.54) is 6.26 Å². The summed E-state index contributed by atoms with van der Waals surface area (Å²) in [5.74, 6) is -0.381. The van der Waals surface area contributed by atoms with Gasteiger partial charge in [0.2, 0.25) is 0 Å². The van der Waals surface area contributed by atoms with Gasteiger partial charge in [-0.05, 0) is 13.8 Å². The van der Waals surface area contributed by atoms with Gasteiger partial charge in [0.15, 0.2) is 0 Å². The zero-order valence-electron chi connectivity index (χ0n) is 5.68. The average Bonchev–Trinajstić information content (AvgIpc) is 1.82.